The summed E-state index contributed by atoms with van der Waals surface area (Å²) < 4.78 is 28.5. The Kier molecular flexibility index (Phi) is 6.39. The van der Waals surface area contributed by atoms with Gasteiger partial charge in [0.1, 0.15) is 0 Å². The molecule has 0 heterocycles. The summed E-state index contributed by atoms with van der Waals surface area (Å²) in [6.07, 6.45) is 0. The number of nitrogens with one attached hydrogen (secondary N) is 1. The average molecular weight is 473 g/mol. The third-order valence-corrected chi connectivity index (χ3v) is 6.59. The van der Waals surface area contributed by atoms with Gasteiger partial charge in [0, 0.05) is 22.8 Å². The van der Waals surface area contributed by atoms with Gasteiger partial charge in [0.25, 0.3) is 15.9 Å². The van der Waals surface area contributed by atoms with E-state index in [0.717, 1.165) is 10.0 Å². The molecule has 0 aliphatic heterocycles. The number of nitrogens with zero attached hydrogens (tertiary/aromatic N) is 1. The molecule has 0 radical (unpaired) electrons. The predicted octanol–water partition coefficient (Wildman–Crippen LogP) is 5.08. The topological polar surface area (TPSA) is 66.5 Å². The number of amides is 1. The summed E-state index contributed by atoms with van der Waals surface area (Å²) in [6.45, 7) is 1.95. The third-order valence-electron chi connectivity index (χ3n) is 4.67. The largest absolute Gasteiger partial charge is 0.335 e. The smallest absolute Gasteiger partial charge is 0.261 e. The van der Waals surface area contributed by atoms with Crippen LogP contribution in [0.5, 0.6) is 0 Å². The van der Waals surface area contributed by atoms with E-state index in [4.69, 9.17) is 0 Å². The quantitative estimate of drug-likeness (QED) is 0.543. The Labute approximate surface area is 179 Å². The maximum Gasteiger partial charge on any atom is 0.261 e. The Balaban J connectivity index is 1.80. The zero-order valence-electron chi connectivity index (χ0n) is 16.0. The number of hydrogen-bond acceptors (Lipinski definition) is 3. The normalized spacial score (nSPS) is 12.2. The zero-order chi connectivity index (χ0) is 21.0. The molecule has 3 aromatic carbocycles. The molecule has 3 rings (SSSR count). The Morgan fingerprint density at radius 1 is 0.966 bits per heavy atom. The predicted molar refractivity (Wildman–Crippen MR) is 118 cm³/mol. The lowest BCUT2D eigenvalue weighted by molar-refractivity contribution is 0.0742. The van der Waals surface area contributed by atoms with Gasteiger partial charge in [-0.05, 0) is 55.0 Å². The summed E-state index contributed by atoms with van der Waals surface area (Å²) in [4.78, 5) is 14.7. The molecule has 5 nitrogen and oxygen atoms in total. The van der Waals surface area contributed by atoms with Crippen LogP contribution in [0.2, 0.25) is 0 Å². The van der Waals surface area contributed by atoms with Crippen LogP contribution in [0.3, 0.4) is 0 Å². The van der Waals surface area contributed by atoms with E-state index in [2.05, 4.69) is 20.7 Å². The standard InChI is InChI=1S/C22H21BrN2O3S/c1-16(17-7-4-3-5-8-17)25(2)22(26)18-9-6-10-20(15-18)24-29(27,28)21-13-11-19(23)12-14-21/h3-16,24H,1-2H3. The lowest BCUT2D eigenvalue weighted by Crippen LogP contribution is -2.29. The molecule has 1 unspecified atom stereocenters. The molecule has 7 heteroatoms. The Hall–Kier alpha value is -2.64. The van der Waals surface area contributed by atoms with Crippen molar-refractivity contribution in [2.45, 2.75) is 17.9 Å². The maximum absolute atomic E-state index is 12.9. The molecule has 0 bridgehead atoms. The second kappa shape index (κ2) is 8.80. The van der Waals surface area contributed by atoms with Crippen LogP contribution in [0.25, 0.3) is 0 Å². The van der Waals surface area contributed by atoms with E-state index in [1.54, 1.807) is 48.3 Å². The summed E-state index contributed by atoms with van der Waals surface area (Å²) in [5.41, 5.74) is 1.77. The third kappa shape index (κ3) is 5.05. The number of benzene rings is 3. The molecule has 1 amide bonds. The number of hydrogen-bond donors (Lipinski definition) is 1. The van der Waals surface area contributed by atoms with Gasteiger partial charge in [-0.15, -0.1) is 0 Å². The van der Waals surface area contributed by atoms with Gasteiger partial charge < -0.3 is 4.90 Å². The summed E-state index contributed by atoms with van der Waals surface area (Å²) >= 11 is 3.29. The number of carbonyl (C=O) groups is 1. The highest BCUT2D eigenvalue weighted by atomic mass is 79.9. The first kappa shape index (κ1) is 21.1. The first-order valence-corrected chi connectivity index (χ1v) is 11.3. The molecule has 1 atom stereocenters. The van der Waals surface area contributed by atoms with Gasteiger partial charge in [-0.3, -0.25) is 9.52 Å². The molecule has 1 N–H and O–H groups in total. The van der Waals surface area contributed by atoms with E-state index in [1.165, 1.54) is 12.1 Å². The maximum atomic E-state index is 12.9. The molecule has 0 saturated heterocycles. The second-order valence-electron chi connectivity index (χ2n) is 6.64. The summed E-state index contributed by atoms with van der Waals surface area (Å²) in [5, 5.41) is 0. The van der Waals surface area contributed by atoms with Crippen LogP contribution in [-0.4, -0.2) is 26.3 Å². The van der Waals surface area contributed by atoms with E-state index in [9.17, 15) is 13.2 Å². The fourth-order valence-electron chi connectivity index (χ4n) is 2.88. The zero-order valence-corrected chi connectivity index (χ0v) is 18.4. The lowest BCUT2D eigenvalue weighted by atomic mass is 10.1. The van der Waals surface area contributed by atoms with Crippen molar-refractivity contribution in [3.63, 3.8) is 0 Å². The number of rotatable bonds is 6. The summed E-state index contributed by atoms with van der Waals surface area (Å²) in [6, 6.07) is 22.5. The van der Waals surface area contributed by atoms with Crippen LogP contribution >= 0.6 is 15.9 Å². The second-order valence-corrected chi connectivity index (χ2v) is 9.24. The van der Waals surface area contributed by atoms with Crippen molar-refractivity contribution in [1.29, 1.82) is 0 Å². The SMILES string of the molecule is CC(c1ccccc1)N(C)C(=O)c1cccc(NS(=O)(=O)c2ccc(Br)cc2)c1. The number of sulfonamides is 1. The molecule has 29 heavy (non-hydrogen) atoms. The highest BCUT2D eigenvalue weighted by Crippen LogP contribution is 2.23. The van der Waals surface area contributed by atoms with Crippen molar-refractivity contribution in [3.8, 4) is 0 Å². The first-order valence-electron chi connectivity index (χ1n) is 8.98. The van der Waals surface area contributed by atoms with Crippen LogP contribution in [0, 0.1) is 0 Å². The molecule has 0 aromatic heterocycles. The molecule has 0 spiro atoms. The van der Waals surface area contributed by atoms with Crippen molar-refractivity contribution < 1.29 is 13.2 Å². The van der Waals surface area contributed by atoms with Gasteiger partial charge in [0.15, 0.2) is 0 Å². The number of halogens is 1. The summed E-state index contributed by atoms with van der Waals surface area (Å²) in [5.74, 6) is -0.189. The molecule has 0 saturated carbocycles. The Morgan fingerprint density at radius 3 is 2.28 bits per heavy atom. The molecular weight excluding hydrogens is 452 g/mol. The van der Waals surface area contributed by atoms with Crippen LogP contribution in [0.4, 0.5) is 5.69 Å². The molecular formula is C22H21BrN2O3S. The average Bonchev–Trinajstić information content (AvgIpc) is 2.73. The van der Waals surface area contributed by atoms with Crippen molar-refractivity contribution in [1.82, 2.24) is 4.90 Å². The monoisotopic (exact) mass is 472 g/mol. The highest BCUT2D eigenvalue weighted by molar-refractivity contribution is 9.10. The van der Waals surface area contributed by atoms with E-state index in [0.29, 0.717) is 11.3 Å². The number of carbonyl (C=O) groups excluding carboxylic acids is 1. The van der Waals surface area contributed by atoms with Crippen molar-refractivity contribution in [2.24, 2.45) is 0 Å². The van der Waals surface area contributed by atoms with Gasteiger partial charge in [-0.25, -0.2) is 8.42 Å². The van der Waals surface area contributed by atoms with Crippen LogP contribution in [-0.2, 0) is 10.0 Å². The minimum Gasteiger partial charge on any atom is -0.335 e. The molecule has 0 fully saturated rings. The molecule has 0 aliphatic carbocycles. The van der Waals surface area contributed by atoms with Crippen LogP contribution in [0.1, 0.15) is 28.9 Å². The summed E-state index contributed by atoms with van der Waals surface area (Å²) in [7, 11) is -2.01. The van der Waals surface area contributed by atoms with E-state index < -0.39 is 10.0 Å². The van der Waals surface area contributed by atoms with Crippen molar-refractivity contribution in [2.75, 3.05) is 11.8 Å². The Morgan fingerprint density at radius 2 is 1.62 bits per heavy atom. The van der Waals surface area contributed by atoms with Gasteiger partial charge >= 0.3 is 0 Å². The van der Waals surface area contributed by atoms with E-state index >= 15 is 0 Å². The minimum absolute atomic E-state index is 0.119. The van der Waals surface area contributed by atoms with Crippen molar-refractivity contribution >= 4 is 37.5 Å². The van der Waals surface area contributed by atoms with Crippen LogP contribution < -0.4 is 4.72 Å². The number of anilines is 1. The lowest BCUT2D eigenvalue weighted by Gasteiger charge is -2.25. The van der Waals surface area contributed by atoms with Gasteiger partial charge in [-0.2, -0.15) is 0 Å². The Bertz CT molecular complexity index is 1100. The minimum atomic E-state index is -3.75. The first-order chi connectivity index (χ1) is 13.8. The van der Waals surface area contributed by atoms with Gasteiger partial charge in [0.2, 0.25) is 0 Å². The fourth-order valence-corrected chi connectivity index (χ4v) is 4.19. The van der Waals surface area contributed by atoms with Gasteiger partial charge in [-0.1, -0.05) is 52.3 Å². The molecule has 0 aliphatic rings. The highest BCUT2D eigenvalue weighted by Gasteiger charge is 2.20. The van der Waals surface area contributed by atoms with E-state index in [1.807, 2.05) is 37.3 Å². The van der Waals surface area contributed by atoms with Gasteiger partial charge in [0.05, 0.1) is 10.9 Å². The van der Waals surface area contributed by atoms with E-state index in [-0.39, 0.29) is 16.8 Å². The molecule has 150 valence electrons. The fraction of sp³-hybridized carbons (Fsp3) is 0.136. The van der Waals surface area contributed by atoms with Crippen molar-refractivity contribution in [3.05, 3.63) is 94.5 Å². The molecule has 3 aromatic rings. The van der Waals surface area contributed by atoms with Crippen LogP contribution in [0.15, 0.2) is 88.2 Å².